The minimum Gasteiger partial charge on any atom is -0.857 e. The molecule has 3 aliphatic rings. The molecule has 1 N–H and O–H groups in total. The van der Waals surface area contributed by atoms with Crippen LogP contribution in [0.15, 0.2) is 83.0 Å². The monoisotopic (exact) mass is 509 g/mol. The molecule has 5 rings (SSSR count). The first kappa shape index (κ1) is 30.9. The Balaban J connectivity index is 0.000000301. The van der Waals surface area contributed by atoms with E-state index in [-0.39, 0.29) is 21.7 Å². The summed E-state index contributed by atoms with van der Waals surface area (Å²) in [6.45, 7) is 2.42. The van der Waals surface area contributed by atoms with E-state index in [1.165, 1.54) is 44.9 Å². The summed E-state index contributed by atoms with van der Waals surface area (Å²) in [7, 11) is 1.50. The van der Waals surface area contributed by atoms with Crippen molar-refractivity contribution in [1.29, 1.82) is 0 Å². The van der Waals surface area contributed by atoms with Gasteiger partial charge in [0, 0.05) is 0 Å². The fraction of sp³-hybridized carbons (Fsp3) is 0.400. The summed E-state index contributed by atoms with van der Waals surface area (Å²) in [5.41, 5.74) is 8.68. The molecule has 185 valence electrons. The molecule has 2 aromatic carbocycles. The van der Waals surface area contributed by atoms with Crippen LogP contribution in [0.1, 0.15) is 68.9 Å². The summed E-state index contributed by atoms with van der Waals surface area (Å²) in [6.07, 6.45) is 12.2. The van der Waals surface area contributed by atoms with Gasteiger partial charge in [-0.3, -0.25) is 4.79 Å². The number of fused-ring (bicyclic) bond motifs is 1. The van der Waals surface area contributed by atoms with Crippen molar-refractivity contribution in [1.82, 2.24) is 0 Å². The summed E-state index contributed by atoms with van der Waals surface area (Å²) >= 11 is 0. The van der Waals surface area contributed by atoms with Gasteiger partial charge >= 0.3 is 27.7 Å². The van der Waals surface area contributed by atoms with Gasteiger partial charge in [-0.25, -0.2) is 12.0 Å². The molecule has 35 heavy (non-hydrogen) atoms. The zero-order chi connectivity index (χ0) is 24.9. The zero-order valence-corrected chi connectivity index (χ0v) is 22.7. The van der Waals surface area contributed by atoms with Crippen molar-refractivity contribution < 1.29 is 41.8 Å². The van der Waals surface area contributed by atoms with E-state index in [0.29, 0.717) is 0 Å². The molecule has 0 saturated heterocycles. The van der Waals surface area contributed by atoms with Gasteiger partial charge in [0.1, 0.15) is 5.92 Å². The predicted octanol–water partition coefficient (Wildman–Crippen LogP) is 5.05. The van der Waals surface area contributed by atoms with E-state index in [0.717, 1.165) is 31.3 Å². The summed E-state index contributed by atoms with van der Waals surface area (Å²) < 4.78 is 0. The summed E-state index contributed by atoms with van der Waals surface area (Å²) in [5.74, 6) is -0.625. The predicted molar refractivity (Wildman–Crippen MR) is 134 cm³/mol. The van der Waals surface area contributed by atoms with Crippen LogP contribution < -0.4 is 10.2 Å². The molecule has 0 heterocycles. The molecule has 0 spiro atoms. The smallest absolute Gasteiger partial charge is 0.857 e. The van der Waals surface area contributed by atoms with Crippen molar-refractivity contribution in [3.8, 4) is 0 Å². The fourth-order valence-electron chi connectivity index (χ4n) is 5.27. The number of aliphatic carboxylic acids is 1. The first-order valence-electron chi connectivity index (χ1n) is 12.1. The van der Waals surface area contributed by atoms with Gasteiger partial charge in [-0.2, -0.15) is 19.8 Å². The fourth-order valence-corrected chi connectivity index (χ4v) is 5.27. The maximum atomic E-state index is 11.3. The molecule has 0 bridgehead atoms. The van der Waals surface area contributed by atoms with Crippen molar-refractivity contribution in [3.63, 3.8) is 0 Å². The molecule has 1 radical (unpaired) electrons. The molecule has 1 unspecified atom stereocenters. The first-order chi connectivity index (χ1) is 16.7. The number of carbonyl (C=O) groups is 1. The Morgan fingerprint density at radius 3 is 1.83 bits per heavy atom. The van der Waals surface area contributed by atoms with Crippen LogP contribution in [0.4, 0.5) is 0 Å². The van der Waals surface area contributed by atoms with E-state index in [4.69, 9.17) is 10.2 Å². The number of carboxylic acid groups (broad SMARTS) is 1. The van der Waals surface area contributed by atoms with Gasteiger partial charge in [-0.05, 0) is 36.3 Å². The van der Waals surface area contributed by atoms with Gasteiger partial charge < -0.3 is 15.3 Å². The number of allylic oxidation sites excluding steroid dienone is 4. The Bertz CT molecular complexity index is 879. The largest absolute Gasteiger partial charge is 3.00 e. The number of benzene rings is 2. The quantitative estimate of drug-likeness (QED) is 0.464. The van der Waals surface area contributed by atoms with Crippen LogP contribution >= 0.6 is 0 Å². The van der Waals surface area contributed by atoms with Gasteiger partial charge in [0.05, 0.1) is 0 Å². The molecule has 4 nitrogen and oxygen atoms in total. The average molecular weight is 509 g/mol. The average Bonchev–Trinajstić information content (AvgIpc) is 3.20. The first-order valence-corrected chi connectivity index (χ1v) is 12.1. The van der Waals surface area contributed by atoms with Gasteiger partial charge in [-0.15, -0.1) is 12.0 Å². The maximum Gasteiger partial charge on any atom is 3.00 e. The minimum absolute atomic E-state index is 0. The minimum atomic E-state index is -0.822. The van der Waals surface area contributed by atoms with Crippen LogP contribution in [0.2, 0.25) is 0 Å². The third-order valence-corrected chi connectivity index (χ3v) is 6.72. The third kappa shape index (κ3) is 7.95. The molecule has 0 fully saturated rings. The molecule has 2 aromatic rings. The molecular weight excluding hydrogens is 472 g/mol. The van der Waals surface area contributed by atoms with E-state index in [2.05, 4.69) is 13.3 Å². The van der Waals surface area contributed by atoms with Crippen molar-refractivity contribution in [2.75, 3.05) is 14.2 Å². The number of carboxylic acids is 1. The van der Waals surface area contributed by atoms with E-state index < -0.39 is 11.9 Å². The van der Waals surface area contributed by atoms with E-state index in [1.54, 1.807) is 22.3 Å². The van der Waals surface area contributed by atoms with Crippen molar-refractivity contribution in [2.24, 2.45) is 5.92 Å². The van der Waals surface area contributed by atoms with E-state index in [1.807, 2.05) is 60.7 Å². The van der Waals surface area contributed by atoms with Crippen molar-refractivity contribution in [3.05, 3.63) is 101 Å². The molecule has 0 saturated carbocycles. The number of hydrogen-bond acceptors (Lipinski definition) is 3. The number of hydrogen-bond donors (Lipinski definition) is 1. The van der Waals surface area contributed by atoms with Gasteiger partial charge in [0.2, 0.25) is 0 Å². The molecule has 3 aliphatic carbocycles. The van der Waals surface area contributed by atoms with Crippen LogP contribution in [0, 0.1) is 12.3 Å². The Morgan fingerprint density at radius 2 is 1.31 bits per heavy atom. The van der Waals surface area contributed by atoms with E-state index in [9.17, 15) is 9.90 Å². The third-order valence-electron chi connectivity index (χ3n) is 6.72. The van der Waals surface area contributed by atoms with Crippen LogP contribution in [0.5, 0.6) is 0 Å². The SMILES string of the molecule is CC1C2=C(CCC[CH-]2)C2=C1CCCC2.C[O-].C[O-].O=C(O)C(c1ccccc1)c1ccccc1.[Ti+3]. The summed E-state index contributed by atoms with van der Waals surface area (Å²) in [6, 6.07) is 18.5. The second-order valence-corrected chi connectivity index (χ2v) is 8.56. The molecule has 5 heteroatoms. The standard InChI is InChI=1S/C14H12O2.C14H19.2CH3O.Ti/c15-14(16)13(11-7-3-1-4-8-11)12-9-5-2-6-10-12;1-10-11-6-2-4-8-13(11)14-9-5-3-7-12(10)14;2*1-2;/h1-10,13H,(H,15,16);6,10H,2-5,7-9H2,1H3;2*1H3;/q;3*-1;+3. The van der Waals surface area contributed by atoms with E-state index >= 15 is 0 Å². The summed E-state index contributed by atoms with van der Waals surface area (Å²) in [4.78, 5) is 11.3. The normalized spacial score (nSPS) is 17.6. The molecule has 1 atom stereocenters. The summed E-state index contributed by atoms with van der Waals surface area (Å²) in [5, 5.41) is 25.8. The van der Waals surface area contributed by atoms with Crippen LogP contribution in [0.25, 0.3) is 0 Å². The Labute approximate surface area is 225 Å². The second-order valence-electron chi connectivity index (χ2n) is 8.56. The molecule has 0 amide bonds. The van der Waals surface area contributed by atoms with Crippen LogP contribution in [-0.4, -0.2) is 25.3 Å². The van der Waals surface area contributed by atoms with Crippen LogP contribution in [-0.2, 0) is 26.5 Å². The van der Waals surface area contributed by atoms with Crippen molar-refractivity contribution in [2.45, 2.75) is 57.8 Å². The maximum absolute atomic E-state index is 11.3. The van der Waals surface area contributed by atoms with Crippen LogP contribution in [0.3, 0.4) is 0 Å². The number of rotatable bonds is 3. The molecule has 0 aliphatic heterocycles. The zero-order valence-electron chi connectivity index (χ0n) is 21.1. The van der Waals surface area contributed by atoms with Gasteiger partial charge in [0.15, 0.2) is 0 Å². The molecule has 0 aromatic heterocycles. The van der Waals surface area contributed by atoms with Gasteiger partial charge in [-0.1, -0.05) is 92.4 Å². The van der Waals surface area contributed by atoms with Crippen molar-refractivity contribution >= 4 is 5.97 Å². The molecular formula is C30H37O4Ti. The Kier molecular flexibility index (Phi) is 14.6. The van der Waals surface area contributed by atoms with Gasteiger partial charge in [0.25, 0.3) is 0 Å². The topological polar surface area (TPSA) is 83.4 Å². The Hall–Kier alpha value is -2.11. The second kappa shape index (κ2) is 16.5. The Morgan fingerprint density at radius 1 is 0.829 bits per heavy atom.